The third-order valence-electron chi connectivity index (χ3n) is 5.72. The molecule has 0 saturated heterocycles. The number of aryl methyl sites for hydroxylation is 2. The maximum Gasteiger partial charge on any atom is 0.246 e. The normalized spacial score (nSPS) is 11.3. The van der Waals surface area contributed by atoms with Gasteiger partial charge in [-0.2, -0.15) is 10.2 Å². The van der Waals surface area contributed by atoms with Gasteiger partial charge in [-0.1, -0.05) is 18.2 Å². The molecule has 4 heterocycles. The van der Waals surface area contributed by atoms with E-state index in [1.807, 2.05) is 61.9 Å². The fourth-order valence-electron chi connectivity index (χ4n) is 4.11. The number of hydrogen-bond acceptors (Lipinski definition) is 5. The number of thiophene rings is 1. The van der Waals surface area contributed by atoms with E-state index >= 15 is 0 Å². The van der Waals surface area contributed by atoms with Crippen molar-refractivity contribution in [3.63, 3.8) is 0 Å². The molecule has 7 nitrogen and oxygen atoms in total. The molecule has 0 aliphatic carbocycles. The van der Waals surface area contributed by atoms with Crippen LogP contribution in [0.15, 0.2) is 58.5 Å². The van der Waals surface area contributed by atoms with Crippen LogP contribution in [0.4, 0.5) is 5.69 Å². The molecule has 1 N–H and O–H groups in total. The lowest BCUT2D eigenvalue weighted by Gasteiger charge is -2.09. The molecule has 0 atom stereocenters. The van der Waals surface area contributed by atoms with Crippen molar-refractivity contribution in [2.24, 2.45) is 0 Å². The average Bonchev–Trinajstić information content (AvgIpc) is 3.51. The Kier molecular flexibility index (Phi) is 6.05. The van der Waals surface area contributed by atoms with Gasteiger partial charge in [-0.25, -0.2) is 9.67 Å². The number of amides is 1. The third-order valence-corrected chi connectivity index (χ3v) is 7.78. The van der Waals surface area contributed by atoms with Crippen molar-refractivity contribution >= 4 is 49.9 Å². The molecule has 1 aromatic carbocycles. The van der Waals surface area contributed by atoms with Crippen LogP contribution >= 0.6 is 27.3 Å². The van der Waals surface area contributed by atoms with Crippen LogP contribution in [-0.4, -0.2) is 30.5 Å². The average molecular weight is 535 g/mol. The molecule has 9 heteroatoms. The molecule has 0 aliphatic heterocycles. The maximum atomic E-state index is 12.9. The summed E-state index contributed by atoms with van der Waals surface area (Å²) in [6.45, 7) is 6.67. The lowest BCUT2D eigenvalue weighted by Crippen LogP contribution is -2.20. The first-order valence-corrected chi connectivity index (χ1v) is 12.5. The number of carbonyl (C=O) groups excluding carboxylic acids is 1. The van der Waals surface area contributed by atoms with Gasteiger partial charge in [0.2, 0.25) is 5.91 Å². The van der Waals surface area contributed by atoms with Gasteiger partial charge in [0, 0.05) is 22.3 Å². The van der Waals surface area contributed by atoms with Gasteiger partial charge >= 0.3 is 0 Å². The summed E-state index contributed by atoms with van der Waals surface area (Å²) < 4.78 is 4.65. The number of halogens is 1. The van der Waals surface area contributed by atoms with E-state index in [9.17, 15) is 4.79 Å². The molecule has 172 valence electrons. The first kappa shape index (κ1) is 22.5. The fraction of sp³-hybridized carbons (Fsp3) is 0.200. The summed E-state index contributed by atoms with van der Waals surface area (Å²) >= 11 is 5.25. The Balaban J connectivity index is 1.35. The molecule has 0 unspecified atom stereocenters. The second kappa shape index (κ2) is 9.15. The number of rotatable bonds is 6. The van der Waals surface area contributed by atoms with Crippen molar-refractivity contribution in [1.29, 1.82) is 0 Å². The van der Waals surface area contributed by atoms with Crippen LogP contribution in [-0.2, 0) is 17.9 Å². The van der Waals surface area contributed by atoms with E-state index in [-0.39, 0.29) is 12.5 Å². The Bertz CT molecular complexity index is 1500. The predicted octanol–water partition coefficient (Wildman–Crippen LogP) is 5.73. The van der Waals surface area contributed by atoms with Gasteiger partial charge in [-0.3, -0.25) is 9.48 Å². The summed E-state index contributed by atoms with van der Waals surface area (Å²) in [5.41, 5.74) is 6.48. The van der Waals surface area contributed by atoms with Gasteiger partial charge in [-0.15, -0.1) is 11.3 Å². The minimum atomic E-state index is -0.154. The topological polar surface area (TPSA) is 77.6 Å². The molecule has 0 radical (unpaired) electrons. The molecule has 0 fully saturated rings. The molecular weight excluding hydrogens is 512 g/mol. The van der Waals surface area contributed by atoms with Crippen LogP contribution in [0.3, 0.4) is 0 Å². The van der Waals surface area contributed by atoms with Crippen molar-refractivity contribution in [3.05, 3.63) is 81.2 Å². The number of nitrogens with one attached hydrogen (secondary N) is 1. The van der Waals surface area contributed by atoms with Crippen LogP contribution in [0.1, 0.15) is 22.6 Å². The van der Waals surface area contributed by atoms with Gasteiger partial charge in [0.15, 0.2) is 5.65 Å². The predicted molar refractivity (Wildman–Crippen MR) is 139 cm³/mol. The molecule has 0 bridgehead atoms. The molecule has 5 rings (SSSR count). The molecule has 5 aromatic rings. The number of benzene rings is 1. The molecule has 1 amide bonds. The summed E-state index contributed by atoms with van der Waals surface area (Å²) in [5.74, 6) is -0.154. The van der Waals surface area contributed by atoms with E-state index < -0.39 is 0 Å². The van der Waals surface area contributed by atoms with Crippen molar-refractivity contribution in [2.75, 3.05) is 5.32 Å². The number of anilines is 1. The quantitative estimate of drug-likeness (QED) is 0.301. The van der Waals surface area contributed by atoms with E-state index in [2.05, 4.69) is 47.9 Å². The number of carbonyl (C=O) groups is 1. The zero-order chi connectivity index (χ0) is 23.8. The second-order valence-electron chi connectivity index (χ2n) is 8.17. The Labute approximate surface area is 209 Å². The van der Waals surface area contributed by atoms with Crippen LogP contribution in [0.25, 0.3) is 21.5 Å². The SMILES string of the molecule is Cc1nn(Cc2cccc(NC(=O)Cn3nc(C)c4c(-c5cccs5)ccnc43)c2)c(C)c1Br. The summed E-state index contributed by atoms with van der Waals surface area (Å²) in [5, 5.41) is 15.2. The van der Waals surface area contributed by atoms with Gasteiger partial charge in [-0.05, 0) is 71.9 Å². The first-order chi connectivity index (χ1) is 16.4. The lowest BCUT2D eigenvalue weighted by atomic mass is 10.1. The molecule has 34 heavy (non-hydrogen) atoms. The van der Waals surface area contributed by atoms with Crippen molar-refractivity contribution < 1.29 is 4.79 Å². The molecule has 0 spiro atoms. The van der Waals surface area contributed by atoms with Crippen LogP contribution in [0, 0.1) is 20.8 Å². The number of hydrogen-bond donors (Lipinski definition) is 1. The number of fused-ring (bicyclic) bond motifs is 1. The fourth-order valence-corrected chi connectivity index (χ4v) is 5.16. The Hall–Kier alpha value is -3.30. The number of nitrogens with zero attached hydrogens (tertiary/aromatic N) is 5. The monoisotopic (exact) mass is 534 g/mol. The van der Waals surface area contributed by atoms with Crippen LogP contribution in [0.5, 0.6) is 0 Å². The zero-order valence-corrected chi connectivity index (χ0v) is 21.4. The third kappa shape index (κ3) is 4.28. The number of pyridine rings is 1. The van der Waals surface area contributed by atoms with Crippen LogP contribution in [0.2, 0.25) is 0 Å². The minimum Gasteiger partial charge on any atom is -0.324 e. The highest BCUT2D eigenvalue weighted by atomic mass is 79.9. The molecule has 4 aromatic heterocycles. The van der Waals surface area contributed by atoms with Crippen molar-refractivity contribution in [1.82, 2.24) is 24.5 Å². The standard InChI is InChI=1S/C25H23BrN6OS/c1-15-23-20(21-8-5-11-34-21)9-10-27-25(23)32(29-15)14-22(33)28-19-7-4-6-18(12-19)13-31-17(3)24(26)16(2)30-31/h4-12H,13-14H2,1-3H3,(H,28,33). The highest BCUT2D eigenvalue weighted by molar-refractivity contribution is 9.10. The maximum absolute atomic E-state index is 12.9. The van der Waals surface area contributed by atoms with E-state index in [0.29, 0.717) is 12.2 Å². The van der Waals surface area contributed by atoms with E-state index in [4.69, 9.17) is 0 Å². The second-order valence-corrected chi connectivity index (χ2v) is 9.91. The number of aromatic nitrogens is 5. The Morgan fingerprint density at radius 1 is 1.06 bits per heavy atom. The van der Waals surface area contributed by atoms with Gasteiger partial charge in [0.25, 0.3) is 0 Å². The Morgan fingerprint density at radius 2 is 1.88 bits per heavy atom. The van der Waals surface area contributed by atoms with Gasteiger partial charge < -0.3 is 5.32 Å². The molecular formula is C25H23BrN6OS. The van der Waals surface area contributed by atoms with Gasteiger partial charge in [0.1, 0.15) is 6.54 Å². The first-order valence-electron chi connectivity index (χ1n) is 10.8. The van der Waals surface area contributed by atoms with E-state index in [0.717, 1.165) is 48.6 Å². The summed E-state index contributed by atoms with van der Waals surface area (Å²) in [6, 6.07) is 13.9. The van der Waals surface area contributed by atoms with Crippen LogP contribution < -0.4 is 5.32 Å². The zero-order valence-electron chi connectivity index (χ0n) is 19.0. The Morgan fingerprint density at radius 3 is 2.62 bits per heavy atom. The summed E-state index contributed by atoms with van der Waals surface area (Å²) in [7, 11) is 0. The lowest BCUT2D eigenvalue weighted by molar-refractivity contribution is -0.116. The highest BCUT2D eigenvalue weighted by Crippen LogP contribution is 2.32. The largest absolute Gasteiger partial charge is 0.324 e. The van der Waals surface area contributed by atoms with E-state index in [1.165, 1.54) is 0 Å². The minimum absolute atomic E-state index is 0.0832. The summed E-state index contributed by atoms with van der Waals surface area (Å²) in [6.07, 6.45) is 1.77. The summed E-state index contributed by atoms with van der Waals surface area (Å²) in [4.78, 5) is 18.6. The van der Waals surface area contributed by atoms with Crippen molar-refractivity contribution in [2.45, 2.75) is 33.9 Å². The van der Waals surface area contributed by atoms with Crippen molar-refractivity contribution in [3.8, 4) is 10.4 Å². The van der Waals surface area contributed by atoms with E-state index in [1.54, 1.807) is 22.2 Å². The molecule has 0 saturated carbocycles. The highest BCUT2D eigenvalue weighted by Gasteiger charge is 2.16. The van der Waals surface area contributed by atoms with Gasteiger partial charge in [0.05, 0.1) is 33.5 Å². The molecule has 0 aliphatic rings. The smallest absolute Gasteiger partial charge is 0.246 e.